The molecule has 1 fully saturated rings. The van der Waals surface area contributed by atoms with Crippen LogP contribution in [0.1, 0.15) is 12.8 Å². The van der Waals surface area contributed by atoms with Crippen LogP contribution in [-0.4, -0.2) is 36.4 Å². The van der Waals surface area contributed by atoms with Gasteiger partial charge >= 0.3 is 0 Å². The third kappa shape index (κ3) is 3.37. The highest BCUT2D eigenvalue weighted by atomic mass is 32.1. The Labute approximate surface area is 145 Å². The molecule has 1 saturated heterocycles. The minimum atomic E-state index is -0.219. The third-order valence-electron chi connectivity index (χ3n) is 4.28. The van der Waals surface area contributed by atoms with Crippen LogP contribution >= 0.6 is 12.2 Å². The van der Waals surface area contributed by atoms with E-state index in [1.807, 2.05) is 16.7 Å². The molecule has 1 aromatic heterocycles. The van der Waals surface area contributed by atoms with Gasteiger partial charge in [0.25, 0.3) is 5.56 Å². The van der Waals surface area contributed by atoms with Crippen LogP contribution in [0.15, 0.2) is 29.1 Å². The van der Waals surface area contributed by atoms with Crippen molar-refractivity contribution in [1.29, 1.82) is 0 Å². The lowest BCUT2D eigenvalue weighted by Gasteiger charge is -2.19. The zero-order valence-electron chi connectivity index (χ0n) is 13.8. The average molecular weight is 347 g/mol. The molecule has 0 radical (unpaired) electrons. The van der Waals surface area contributed by atoms with Gasteiger partial charge < -0.3 is 19.4 Å². The van der Waals surface area contributed by atoms with Crippen molar-refractivity contribution in [2.24, 2.45) is 0 Å². The molecule has 7 heteroatoms. The SMILES string of the molecule is COc1ccc(-c2cc(=O)[nH]c(=S)n2C[C@@H]2CCCN2)c(OC)c1. The predicted octanol–water partition coefficient (Wildman–Crippen LogP) is 2.34. The smallest absolute Gasteiger partial charge is 0.252 e. The second-order valence-corrected chi connectivity index (χ2v) is 6.18. The second kappa shape index (κ2) is 7.19. The first-order valence-corrected chi connectivity index (χ1v) is 8.33. The molecule has 1 atom stereocenters. The van der Waals surface area contributed by atoms with E-state index in [-0.39, 0.29) is 5.56 Å². The molecule has 0 spiro atoms. The van der Waals surface area contributed by atoms with E-state index in [1.54, 1.807) is 26.4 Å². The topological polar surface area (TPSA) is 68.3 Å². The fraction of sp³-hybridized carbons (Fsp3) is 0.412. The summed E-state index contributed by atoms with van der Waals surface area (Å²) in [6, 6.07) is 7.46. The van der Waals surface area contributed by atoms with Gasteiger partial charge in [-0.1, -0.05) is 0 Å². The standard InChI is InChI=1S/C17H21N3O3S/c1-22-12-5-6-13(15(8-12)23-2)14-9-16(21)19-17(24)20(14)10-11-4-3-7-18-11/h5-6,8-9,11,18H,3-4,7,10H2,1-2H3,(H,19,21,24)/t11-/m0/s1. The summed E-state index contributed by atoms with van der Waals surface area (Å²) >= 11 is 5.40. The molecule has 1 aliphatic heterocycles. The van der Waals surface area contributed by atoms with Crippen LogP contribution in [0.5, 0.6) is 11.5 Å². The number of H-pyrrole nitrogens is 1. The molecular weight excluding hydrogens is 326 g/mol. The highest BCUT2D eigenvalue weighted by Crippen LogP contribution is 2.33. The Morgan fingerprint density at radius 1 is 1.29 bits per heavy atom. The molecule has 2 aromatic rings. The maximum atomic E-state index is 12.0. The van der Waals surface area contributed by atoms with Crippen LogP contribution in [0.2, 0.25) is 0 Å². The molecule has 24 heavy (non-hydrogen) atoms. The number of aromatic nitrogens is 2. The minimum absolute atomic E-state index is 0.219. The van der Waals surface area contributed by atoms with Crippen LogP contribution in [0.4, 0.5) is 0 Å². The van der Waals surface area contributed by atoms with Crippen molar-refractivity contribution < 1.29 is 9.47 Å². The Morgan fingerprint density at radius 2 is 2.12 bits per heavy atom. The van der Waals surface area contributed by atoms with Gasteiger partial charge in [-0.2, -0.15) is 0 Å². The second-order valence-electron chi connectivity index (χ2n) is 5.79. The Balaban J connectivity index is 2.12. The number of ether oxygens (including phenoxy) is 2. The molecule has 2 N–H and O–H groups in total. The maximum Gasteiger partial charge on any atom is 0.252 e. The summed E-state index contributed by atoms with van der Waals surface area (Å²) in [5, 5.41) is 3.46. The summed E-state index contributed by atoms with van der Waals surface area (Å²) in [4.78, 5) is 14.7. The Morgan fingerprint density at radius 3 is 2.79 bits per heavy atom. The Bertz CT molecular complexity index is 838. The first kappa shape index (κ1) is 16.7. The molecule has 0 saturated carbocycles. The number of nitrogens with zero attached hydrogens (tertiary/aromatic N) is 1. The van der Waals surface area contributed by atoms with Crippen molar-refractivity contribution in [3.05, 3.63) is 39.4 Å². The van der Waals surface area contributed by atoms with Gasteiger partial charge in [-0.15, -0.1) is 0 Å². The molecule has 128 valence electrons. The summed E-state index contributed by atoms with van der Waals surface area (Å²) < 4.78 is 13.1. The summed E-state index contributed by atoms with van der Waals surface area (Å²) in [6.45, 7) is 1.72. The van der Waals surface area contributed by atoms with Crippen molar-refractivity contribution in [2.75, 3.05) is 20.8 Å². The van der Waals surface area contributed by atoms with E-state index in [9.17, 15) is 4.79 Å². The molecule has 2 heterocycles. The highest BCUT2D eigenvalue weighted by molar-refractivity contribution is 7.71. The number of aromatic amines is 1. The van der Waals surface area contributed by atoms with Crippen LogP contribution in [0, 0.1) is 4.77 Å². The van der Waals surface area contributed by atoms with Crippen molar-refractivity contribution in [3.8, 4) is 22.8 Å². The van der Waals surface area contributed by atoms with Crippen molar-refractivity contribution >= 4 is 12.2 Å². The lowest BCUT2D eigenvalue weighted by molar-refractivity contribution is 0.395. The van der Waals surface area contributed by atoms with Crippen LogP contribution in [0.3, 0.4) is 0 Å². The van der Waals surface area contributed by atoms with Crippen LogP contribution in [-0.2, 0) is 6.54 Å². The Kier molecular flexibility index (Phi) is 5.01. The van der Waals surface area contributed by atoms with Crippen molar-refractivity contribution in [3.63, 3.8) is 0 Å². The summed E-state index contributed by atoms with van der Waals surface area (Å²) in [5.74, 6) is 1.34. The fourth-order valence-corrected chi connectivity index (χ4v) is 3.34. The summed E-state index contributed by atoms with van der Waals surface area (Å²) in [6.07, 6.45) is 2.25. The van der Waals surface area contributed by atoms with Crippen LogP contribution < -0.4 is 20.3 Å². The average Bonchev–Trinajstić information content (AvgIpc) is 3.09. The van der Waals surface area contributed by atoms with Gasteiger partial charge in [0, 0.05) is 30.3 Å². The first-order valence-electron chi connectivity index (χ1n) is 7.92. The van der Waals surface area contributed by atoms with Gasteiger partial charge in [0.2, 0.25) is 0 Å². The fourth-order valence-electron chi connectivity index (χ4n) is 3.07. The number of hydrogen-bond donors (Lipinski definition) is 2. The monoisotopic (exact) mass is 347 g/mol. The van der Waals surface area contributed by atoms with Gasteiger partial charge in [0.15, 0.2) is 4.77 Å². The lowest BCUT2D eigenvalue weighted by Crippen LogP contribution is -2.29. The van der Waals surface area contributed by atoms with Crippen molar-refractivity contribution in [1.82, 2.24) is 14.9 Å². The normalized spacial score (nSPS) is 17.0. The molecule has 0 aliphatic carbocycles. The molecule has 0 amide bonds. The molecule has 3 rings (SSSR count). The van der Waals surface area contributed by atoms with Crippen LogP contribution in [0.25, 0.3) is 11.3 Å². The largest absolute Gasteiger partial charge is 0.497 e. The molecule has 1 aromatic carbocycles. The molecule has 6 nitrogen and oxygen atoms in total. The number of rotatable bonds is 5. The van der Waals surface area contributed by atoms with Gasteiger partial charge in [-0.3, -0.25) is 9.78 Å². The van der Waals surface area contributed by atoms with Gasteiger partial charge in [-0.25, -0.2) is 0 Å². The third-order valence-corrected chi connectivity index (χ3v) is 4.61. The first-order chi connectivity index (χ1) is 11.6. The molecule has 0 bridgehead atoms. The summed E-state index contributed by atoms with van der Waals surface area (Å²) in [5.41, 5.74) is 1.34. The van der Waals surface area contributed by atoms with Gasteiger partial charge in [-0.05, 0) is 43.7 Å². The van der Waals surface area contributed by atoms with E-state index in [1.165, 1.54) is 0 Å². The predicted molar refractivity (Wildman–Crippen MR) is 95.5 cm³/mol. The molecular formula is C17H21N3O3S. The zero-order valence-corrected chi connectivity index (χ0v) is 14.6. The number of nitrogens with one attached hydrogen (secondary N) is 2. The van der Waals surface area contributed by atoms with E-state index < -0.39 is 0 Å². The maximum absolute atomic E-state index is 12.0. The minimum Gasteiger partial charge on any atom is -0.497 e. The summed E-state index contributed by atoms with van der Waals surface area (Å²) in [7, 11) is 3.21. The van der Waals surface area contributed by atoms with E-state index in [4.69, 9.17) is 21.7 Å². The van der Waals surface area contributed by atoms with E-state index in [0.717, 1.165) is 30.6 Å². The van der Waals surface area contributed by atoms with E-state index in [0.29, 0.717) is 28.9 Å². The van der Waals surface area contributed by atoms with Gasteiger partial charge in [0.1, 0.15) is 11.5 Å². The van der Waals surface area contributed by atoms with Crippen molar-refractivity contribution in [2.45, 2.75) is 25.4 Å². The molecule has 1 aliphatic rings. The molecule has 0 unspecified atom stereocenters. The van der Waals surface area contributed by atoms with E-state index in [2.05, 4.69) is 10.3 Å². The number of hydrogen-bond acceptors (Lipinski definition) is 5. The van der Waals surface area contributed by atoms with E-state index >= 15 is 0 Å². The quantitative estimate of drug-likeness (QED) is 0.813. The number of methoxy groups -OCH3 is 2. The van der Waals surface area contributed by atoms with Gasteiger partial charge in [0.05, 0.1) is 19.9 Å². The lowest BCUT2D eigenvalue weighted by atomic mass is 10.1. The Hall–Kier alpha value is -2.12. The number of benzene rings is 1. The highest BCUT2D eigenvalue weighted by Gasteiger charge is 2.18. The zero-order chi connectivity index (χ0) is 17.1.